The molecule has 0 aliphatic carbocycles. The lowest BCUT2D eigenvalue weighted by atomic mass is 10.3. The minimum atomic E-state index is -0.533. The van der Waals surface area contributed by atoms with Gasteiger partial charge in [0.1, 0.15) is 16.5 Å². The van der Waals surface area contributed by atoms with Gasteiger partial charge in [0.15, 0.2) is 0 Å². The number of aryl methyl sites for hydroxylation is 1. The first-order valence-corrected chi connectivity index (χ1v) is 8.04. The molecular formula is C17H16FN3OS. The van der Waals surface area contributed by atoms with Crippen molar-refractivity contribution in [2.24, 2.45) is 0 Å². The summed E-state index contributed by atoms with van der Waals surface area (Å²) in [5.74, 6) is 0.269. The van der Waals surface area contributed by atoms with Crippen LogP contribution in [-0.4, -0.2) is 21.9 Å². The van der Waals surface area contributed by atoms with Gasteiger partial charge in [-0.25, -0.2) is 9.67 Å². The molecule has 0 fully saturated rings. The second-order valence-electron chi connectivity index (χ2n) is 4.83. The number of nitrogens with zero attached hydrogens (tertiary/aromatic N) is 3. The lowest BCUT2D eigenvalue weighted by Crippen LogP contribution is -2.03. The molecule has 0 unspecified atom stereocenters. The number of halogens is 1. The number of hydrogen-bond acceptors (Lipinski definition) is 4. The fraction of sp³-hybridized carbons (Fsp3) is 0.176. The van der Waals surface area contributed by atoms with Crippen LogP contribution in [0.1, 0.15) is 12.6 Å². The predicted octanol–water partition coefficient (Wildman–Crippen LogP) is 4.13. The van der Waals surface area contributed by atoms with Crippen LogP contribution in [0.5, 0.6) is 5.75 Å². The van der Waals surface area contributed by atoms with Gasteiger partial charge in [0.25, 0.3) is 0 Å². The van der Waals surface area contributed by atoms with E-state index in [4.69, 9.17) is 4.74 Å². The highest BCUT2D eigenvalue weighted by Crippen LogP contribution is 2.31. The molecule has 0 aliphatic rings. The molecule has 4 nitrogen and oxygen atoms in total. The number of methoxy groups -OCH3 is 1. The number of pyridine rings is 1. The van der Waals surface area contributed by atoms with E-state index in [-0.39, 0.29) is 0 Å². The molecule has 0 N–H and O–H groups in total. The molecule has 0 aliphatic heterocycles. The Morgan fingerprint density at radius 1 is 1.22 bits per heavy atom. The van der Waals surface area contributed by atoms with Crippen molar-refractivity contribution in [3.8, 4) is 11.4 Å². The molecule has 0 amide bonds. The Kier molecular flexibility index (Phi) is 4.62. The van der Waals surface area contributed by atoms with E-state index in [1.54, 1.807) is 23.9 Å². The van der Waals surface area contributed by atoms with Crippen molar-refractivity contribution in [3.63, 3.8) is 0 Å². The van der Waals surface area contributed by atoms with Crippen LogP contribution < -0.4 is 4.74 Å². The first kappa shape index (κ1) is 15.6. The number of hydrogen-bond donors (Lipinski definition) is 0. The molecule has 0 spiro atoms. The third-order valence-electron chi connectivity index (χ3n) is 3.34. The monoisotopic (exact) mass is 329 g/mol. The molecule has 3 aromatic rings. The van der Waals surface area contributed by atoms with E-state index in [1.165, 1.54) is 18.0 Å². The molecular weight excluding hydrogens is 313 g/mol. The fourth-order valence-electron chi connectivity index (χ4n) is 2.13. The van der Waals surface area contributed by atoms with Crippen molar-refractivity contribution in [1.82, 2.24) is 14.8 Å². The van der Waals surface area contributed by atoms with Gasteiger partial charge in [-0.05, 0) is 48.9 Å². The summed E-state index contributed by atoms with van der Waals surface area (Å²) in [6.07, 6.45) is 2.21. The van der Waals surface area contributed by atoms with Crippen LogP contribution in [-0.2, 0) is 6.42 Å². The van der Waals surface area contributed by atoms with Crippen molar-refractivity contribution in [2.75, 3.05) is 7.11 Å². The van der Waals surface area contributed by atoms with E-state index in [0.29, 0.717) is 5.69 Å². The maximum Gasteiger partial charge on any atom is 0.238 e. The lowest BCUT2D eigenvalue weighted by molar-refractivity contribution is 0.414. The van der Waals surface area contributed by atoms with E-state index in [9.17, 15) is 4.39 Å². The third kappa shape index (κ3) is 3.37. The van der Waals surface area contributed by atoms with Crippen molar-refractivity contribution in [2.45, 2.75) is 23.3 Å². The Labute approximate surface area is 138 Å². The number of aromatic nitrogens is 3. The van der Waals surface area contributed by atoms with Gasteiger partial charge in [-0.1, -0.05) is 18.7 Å². The van der Waals surface area contributed by atoms with Crippen LogP contribution in [0.2, 0.25) is 0 Å². The fourth-order valence-corrected chi connectivity index (χ4v) is 3.06. The zero-order chi connectivity index (χ0) is 16.2. The molecule has 0 bridgehead atoms. The summed E-state index contributed by atoms with van der Waals surface area (Å²) in [4.78, 5) is 4.73. The molecule has 23 heavy (non-hydrogen) atoms. The van der Waals surface area contributed by atoms with Gasteiger partial charge in [-0.3, -0.25) is 0 Å². The van der Waals surface area contributed by atoms with E-state index in [2.05, 4.69) is 10.1 Å². The molecule has 0 saturated heterocycles. The van der Waals surface area contributed by atoms with E-state index >= 15 is 0 Å². The van der Waals surface area contributed by atoms with Gasteiger partial charge in [-0.15, -0.1) is 0 Å². The number of rotatable bonds is 5. The molecule has 6 heteroatoms. The van der Waals surface area contributed by atoms with Crippen LogP contribution in [0.25, 0.3) is 5.69 Å². The minimum Gasteiger partial charge on any atom is -0.497 e. The van der Waals surface area contributed by atoms with E-state index < -0.39 is 5.95 Å². The highest BCUT2D eigenvalue weighted by Gasteiger charge is 2.14. The summed E-state index contributed by atoms with van der Waals surface area (Å²) in [6, 6.07) is 13.1. The van der Waals surface area contributed by atoms with E-state index in [0.717, 1.165) is 27.8 Å². The van der Waals surface area contributed by atoms with Crippen molar-refractivity contribution in [1.29, 1.82) is 0 Å². The molecule has 2 heterocycles. The van der Waals surface area contributed by atoms with Gasteiger partial charge in [0.2, 0.25) is 5.95 Å². The predicted molar refractivity (Wildman–Crippen MR) is 87.8 cm³/mol. The summed E-state index contributed by atoms with van der Waals surface area (Å²) in [5.41, 5.74) is 1.26. The molecule has 0 radical (unpaired) electrons. The topological polar surface area (TPSA) is 39.9 Å². The molecule has 3 rings (SSSR count). The second-order valence-corrected chi connectivity index (χ2v) is 5.92. The Morgan fingerprint density at radius 3 is 2.65 bits per heavy atom. The smallest absolute Gasteiger partial charge is 0.238 e. The van der Waals surface area contributed by atoms with Crippen LogP contribution in [0.15, 0.2) is 58.6 Å². The van der Waals surface area contributed by atoms with Crippen LogP contribution in [0.3, 0.4) is 0 Å². The lowest BCUT2D eigenvalue weighted by Gasteiger charge is -2.08. The number of ether oxygens (including phenoxy) is 1. The zero-order valence-electron chi connectivity index (χ0n) is 12.9. The van der Waals surface area contributed by atoms with Crippen LogP contribution >= 0.6 is 11.8 Å². The summed E-state index contributed by atoms with van der Waals surface area (Å²) < 4.78 is 20.8. The molecule has 0 atom stereocenters. The SMILES string of the molecule is CCc1cc(Sc2ccc(OC)cc2)n(-c2cccnc2F)n1. The first-order chi connectivity index (χ1) is 11.2. The van der Waals surface area contributed by atoms with Gasteiger partial charge in [0, 0.05) is 11.1 Å². The largest absolute Gasteiger partial charge is 0.497 e. The van der Waals surface area contributed by atoms with Crippen LogP contribution in [0.4, 0.5) is 4.39 Å². The minimum absolute atomic E-state index is 0.350. The van der Waals surface area contributed by atoms with Gasteiger partial charge in [0.05, 0.1) is 12.8 Å². The van der Waals surface area contributed by atoms with Crippen molar-refractivity contribution >= 4 is 11.8 Å². The zero-order valence-corrected chi connectivity index (χ0v) is 13.7. The first-order valence-electron chi connectivity index (χ1n) is 7.23. The van der Waals surface area contributed by atoms with Gasteiger partial charge >= 0.3 is 0 Å². The molecule has 2 aromatic heterocycles. The number of benzene rings is 1. The quantitative estimate of drug-likeness (QED) is 0.660. The average molecular weight is 329 g/mol. The molecule has 0 saturated carbocycles. The Balaban J connectivity index is 1.98. The molecule has 1 aromatic carbocycles. The Hall–Kier alpha value is -2.34. The highest BCUT2D eigenvalue weighted by atomic mass is 32.2. The maximum absolute atomic E-state index is 14.0. The second kappa shape index (κ2) is 6.83. The highest BCUT2D eigenvalue weighted by molar-refractivity contribution is 7.99. The Morgan fingerprint density at radius 2 is 2.00 bits per heavy atom. The summed E-state index contributed by atoms with van der Waals surface area (Å²) in [6.45, 7) is 2.02. The summed E-state index contributed by atoms with van der Waals surface area (Å²) in [7, 11) is 1.63. The summed E-state index contributed by atoms with van der Waals surface area (Å²) in [5, 5.41) is 5.33. The van der Waals surface area contributed by atoms with Gasteiger partial charge in [-0.2, -0.15) is 9.49 Å². The molecule has 118 valence electrons. The standard InChI is InChI=1S/C17H16FN3OS/c1-3-12-11-16(23-14-8-6-13(22-2)7-9-14)21(20-12)15-5-4-10-19-17(15)18/h4-11H,3H2,1-2H3. The summed E-state index contributed by atoms with van der Waals surface area (Å²) >= 11 is 1.52. The van der Waals surface area contributed by atoms with E-state index in [1.807, 2.05) is 37.3 Å². The third-order valence-corrected chi connectivity index (χ3v) is 4.35. The Bertz CT molecular complexity index is 802. The van der Waals surface area contributed by atoms with Crippen LogP contribution in [0, 0.1) is 5.95 Å². The van der Waals surface area contributed by atoms with Gasteiger partial charge < -0.3 is 4.74 Å². The maximum atomic E-state index is 14.0. The normalized spacial score (nSPS) is 10.7. The van der Waals surface area contributed by atoms with Crippen molar-refractivity contribution < 1.29 is 9.13 Å². The average Bonchev–Trinajstić information content (AvgIpc) is 2.99. The van der Waals surface area contributed by atoms with Crippen molar-refractivity contribution in [3.05, 3.63) is 60.3 Å².